The minimum atomic E-state index is 0.224. The Balaban J connectivity index is 1.57. The molecule has 2 aliphatic rings. The Kier molecular flexibility index (Phi) is 4.59. The summed E-state index contributed by atoms with van der Waals surface area (Å²) in [4.78, 5) is 17.1. The average Bonchev–Trinajstić information content (AvgIpc) is 3.03. The van der Waals surface area contributed by atoms with Crippen molar-refractivity contribution in [3.05, 3.63) is 35.4 Å². The minimum absolute atomic E-state index is 0.224. The van der Waals surface area contributed by atoms with Crippen LogP contribution >= 0.6 is 0 Å². The third kappa shape index (κ3) is 3.65. The molecular formula is C18H26N2O. The maximum atomic E-state index is 12.5. The van der Waals surface area contributed by atoms with E-state index < -0.39 is 0 Å². The number of hydrogen-bond donors (Lipinski definition) is 0. The smallest absolute Gasteiger partial charge is 0.226 e. The van der Waals surface area contributed by atoms with Gasteiger partial charge in [-0.1, -0.05) is 29.8 Å². The summed E-state index contributed by atoms with van der Waals surface area (Å²) >= 11 is 0. The lowest BCUT2D eigenvalue weighted by Crippen LogP contribution is -2.43. The number of nitrogens with zero attached hydrogens (tertiary/aromatic N) is 2. The van der Waals surface area contributed by atoms with Gasteiger partial charge in [0.2, 0.25) is 5.91 Å². The third-order valence-electron chi connectivity index (χ3n) is 4.80. The molecule has 1 aromatic carbocycles. The second kappa shape index (κ2) is 6.61. The molecule has 0 unspecified atom stereocenters. The number of rotatable bonds is 3. The summed E-state index contributed by atoms with van der Waals surface area (Å²) in [6, 6.07) is 8.76. The van der Waals surface area contributed by atoms with Gasteiger partial charge in [0, 0.05) is 26.2 Å². The fraction of sp³-hybridized carbons (Fsp3) is 0.611. The van der Waals surface area contributed by atoms with Crippen LogP contribution in [0, 0.1) is 12.8 Å². The predicted octanol–water partition coefficient (Wildman–Crippen LogP) is 2.83. The second-order valence-electron chi connectivity index (χ2n) is 6.59. The molecule has 1 amide bonds. The zero-order valence-corrected chi connectivity index (χ0v) is 13.1. The van der Waals surface area contributed by atoms with Crippen molar-refractivity contribution in [1.82, 2.24) is 9.80 Å². The van der Waals surface area contributed by atoms with E-state index in [0.717, 1.165) is 45.6 Å². The van der Waals surface area contributed by atoms with Crippen LogP contribution in [0.15, 0.2) is 24.3 Å². The molecule has 114 valence electrons. The molecule has 0 aromatic heterocycles. The highest BCUT2D eigenvalue weighted by atomic mass is 16.2. The predicted molar refractivity (Wildman–Crippen MR) is 85.0 cm³/mol. The summed E-state index contributed by atoms with van der Waals surface area (Å²) in [6.45, 7) is 7.11. The van der Waals surface area contributed by atoms with Gasteiger partial charge in [-0.3, -0.25) is 9.69 Å². The monoisotopic (exact) mass is 286 g/mol. The van der Waals surface area contributed by atoms with E-state index in [9.17, 15) is 4.79 Å². The van der Waals surface area contributed by atoms with Crippen molar-refractivity contribution >= 4 is 5.91 Å². The molecule has 0 saturated carbocycles. The number of aryl methyl sites for hydroxylation is 1. The largest absolute Gasteiger partial charge is 0.342 e. The van der Waals surface area contributed by atoms with Crippen LogP contribution in [0.3, 0.4) is 0 Å². The van der Waals surface area contributed by atoms with Crippen molar-refractivity contribution in [3.8, 4) is 0 Å². The van der Waals surface area contributed by atoms with Crippen LogP contribution < -0.4 is 0 Å². The van der Waals surface area contributed by atoms with Gasteiger partial charge in [-0.25, -0.2) is 0 Å². The molecule has 3 rings (SSSR count). The molecule has 2 aliphatic heterocycles. The molecule has 2 heterocycles. The molecular weight excluding hydrogens is 260 g/mol. The summed E-state index contributed by atoms with van der Waals surface area (Å²) in [7, 11) is 0. The van der Waals surface area contributed by atoms with Crippen molar-refractivity contribution in [1.29, 1.82) is 0 Å². The van der Waals surface area contributed by atoms with E-state index in [-0.39, 0.29) is 5.92 Å². The van der Waals surface area contributed by atoms with E-state index in [1.165, 1.54) is 24.0 Å². The van der Waals surface area contributed by atoms with Gasteiger partial charge in [0.25, 0.3) is 0 Å². The fourth-order valence-corrected chi connectivity index (χ4v) is 3.55. The van der Waals surface area contributed by atoms with Crippen LogP contribution in [-0.4, -0.2) is 41.9 Å². The van der Waals surface area contributed by atoms with Crippen LogP contribution in [-0.2, 0) is 11.3 Å². The highest BCUT2D eigenvalue weighted by Crippen LogP contribution is 2.22. The quantitative estimate of drug-likeness (QED) is 0.853. The number of likely N-dealkylation sites (tertiary alicyclic amines) is 2. The first-order chi connectivity index (χ1) is 10.2. The lowest BCUT2D eigenvalue weighted by molar-refractivity contribution is -0.136. The molecule has 0 aliphatic carbocycles. The highest BCUT2D eigenvalue weighted by molar-refractivity contribution is 5.79. The van der Waals surface area contributed by atoms with Crippen LogP contribution in [0.25, 0.3) is 0 Å². The van der Waals surface area contributed by atoms with Gasteiger partial charge in [-0.2, -0.15) is 0 Å². The first kappa shape index (κ1) is 14.6. The highest BCUT2D eigenvalue weighted by Gasteiger charge is 2.30. The number of hydrogen-bond acceptors (Lipinski definition) is 2. The van der Waals surface area contributed by atoms with Gasteiger partial charge in [0.1, 0.15) is 0 Å². The number of amides is 1. The van der Waals surface area contributed by atoms with Crippen LogP contribution in [0.2, 0.25) is 0 Å². The Morgan fingerprint density at radius 1 is 1.10 bits per heavy atom. The van der Waals surface area contributed by atoms with E-state index in [0.29, 0.717) is 5.91 Å². The molecule has 1 atom stereocenters. The Morgan fingerprint density at radius 3 is 2.52 bits per heavy atom. The maximum Gasteiger partial charge on any atom is 0.226 e. The average molecular weight is 286 g/mol. The van der Waals surface area contributed by atoms with Crippen molar-refractivity contribution in [3.63, 3.8) is 0 Å². The molecule has 3 nitrogen and oxygen atoms in total. The van der Waals surface area contributed by atoms with Crippen LogP contribution in [0.4, 0.5) is 0 Å². The number of piperidine rings is 1. The first-order valence-electron chi connectivity index (χ1n) is 8.29. The summed E-state index contributed by atoms with van der Waals surface area (Å²) < 4.78 is 0. The summed E-state index contributed by atoms with van der Waals surface area (Å²) in [5.41, 5.74) is 2.66. The Labute approximate surface area is 127 Å². The van der Waals surface area contributed by atoms with E-state index in [1.54, 1.807) is 0 Å². The van der Waals surface area contributed by atoms with Gasteiger partial charge in [-0.15, -0.1) is 0 Å². The standard InChI is InChI=1S/C18H26N2O/c1-15-6-8-16(9-7-15)13-19-10-4-5-17(14-19)18(21)20-11-2-3-12-20/h6-9,17H,2-5,10-14H2,1H3/t17-/m1/s1. The number of carbonyl (C=O) groups excluding carboxylic acids is 1. The molecule has 2 saturated heterocycles. The summed E-state index contributed by atoms with van der Waals surface area (Å²) in [5, 5.41) is 0. The number of benzene rings is 1. The van der Waals surface area contributed by atoms with E-state index in [4.69, 9.17) is 0 Å². The van der Waals surface area contributed by atoms with E-state index in [2.05, 4.69) is 41.0 Å². The van der Waals surface area contributed by atoms with Gasteiger partial charge < -0.3 is 4.90 Å². The zero-order chi connectivity index (χ0) is 14.7. The zero-order valence-electron chi connectivity index (χ0n) is 13.1. The van der Waals surface area contributed by atoms with Gasteiger partial charge in [-0.05, 0) is 44.7 Å². The Hall–Kier alpha value is -1.35. The minimum Gasteiger partial charge on any atom is -0.342 e. The lowest BCUT2D eigenvalue weighted by atomic mass is 9.96. The van der Waals surface area contributed by atoms with Crippen molar-refractivity contribution in [2.75, 3.05) is 26.2 Å². The van der Waals surface area contributed by atoms with Crippen molar-refractivity contribution in [2.24, 2.45) is 5.92 Å². The molecule has 0 radical (unpaired) electrons. The molecule has 3 heteroatoms. The van der Waals surface area contributed by atoms with E-state index in [1.807, 2.05) is 0 Å². The Bertz CT molecular complexity index is 476. The van der Waals surface area contributed by atoms with Gasteiger partial charge >= 0.3 is 0 Å². The second-order valence-corrected chi connectivity index (χ2v) is 6.59. The van der Waals surface area contributed by atoms with Crippen LogP contribution in [0.5, 0.6) is 0 Å². The normalized spacial score (nSPS) is 23.5. The molecule has 0 spiro atoms. The number of carbonyl (C=O) groups is 1. The molecule has 21 heavy (non-hydrogen) atoms. The fourth-order valence-electron chi connectivity index (χ4n) is 3.55. The van der Waals surface area contributed by atoms with Crippen molar-refractivity contribution < 1.29 is 4.79 Å². The summed E-state index contributed by atoms with van der Waals surface area (Å²) in [6.07, 6.45) is 4.59. The maximum absolute atomic E-state index is 12.5. The van der Waals surface area contributed by atoms with E-state index >= 15 is 0 Å². The molecule has 0 bridgehead atoms. The SMILES string of the molecule is Cc1ccc(CN2CCC[C@@H](C(=O)N3CCCC3)C2)cc1. The topological polar surface area (TPSA) is 23.6 Å². The molecule has 1 aromatic rings. The van der Waals surface area contributed by atoms with Gasteiger partial charge in [0.05, 0.1) is 5.92 Å². The summed E-state index contributed by atoms with van der Waals surface area (Å²) in [5.74, 6) is 0.628. The third-order valence-corrected chi connectivity index (χ3v) is 4.80. The first-order valence-corrected chi connectivity index (χ1v) is 8.29. The molecule has 2 fully saturated rings. The Morgan fingerprint density at radius 2 is 1.81 bits per heavy atom. The lowest BCUT2D eigenvalue weighted by Gasteiger charge is -2.34. The van der Waals surface area contributed by atoms with Gasteiger partial charge in [0.15, 0.2) is 0 Å². The van der Waals surface area contributed by atoms with Crippen molar-refractivity contribution in [2.45, 2.75) is 39.2 Å². The molecule has 0 N–H and O–H groups in total. The van der Waals surface area contributed by atoms with Crippen LogP contribution in [0.1, 0.15) is 36.8 Å².